The fraction of sp³-hybridized carbons (Fsp3) is 0.615. The minimum absolute atomic E-state index is 0.00394. The minimum atomic E-state index is -3.31. The molecule has 1 heterocycles. The van der Waals surface area contributed by atoms with Gasteiger partial charge in [-0.3, -0.25) is 4.79 Å². The highest BCUT2D eigenvalue weighted by Gasteiger charge is 2.37. The molecule has 0 unspecified atom stereocenters. The molecule has 1 aliphatic rings. The minimum Gasteiger partial charge on any atom is -0.469 e. The van der Waals surface area contributed by atoms with Gasteiger partial charge >= 0.3 is 5.97 Å². The number of esters is 1. The van der Waals surface area contributed by atoms with Gasteiger partial charge in [0.25, 0.3) is 0 Å². The van der Waals surface area contributed by atoms with Crippen molar-refractivity contribution >= 4 is 27.3 Å². The predicted molar refractivity (Wildman–Crippen MR) is 77.9 cm³/mol. The normalized spacial score (nSPS) is 15.5. The van der Waals surface area contributed by atoms with E-state index >= 15 is 0 Å². The molecular weight excluding hydrogens is 298 g/mol. The largest absolute Gasteiger partial charge is 0.469 e. The molecular formula is C13H19NO4S2. The van der Waals surface area contributed by atoms with Gasteiger partial charge in [0.15, 0.2) is 0 Å². The summed E-state index contributed by atoms with van der Waals surface area (Å²) in [6.07, 6.45) is 2.32. The van der Waals surface area contributed by atoms with E-state index in [-0.39, 0.29) is 24.2 Å². The fourth-order valence-electron chi connectivity index (χ4n) is 1.99. The molecule has 0 aromatic carbocycles. The second kappa shape index (κ2) is 6.69. The van der Waals surface area contributed by atoms with Gasteiger partial charge in [-0.25, -0.2) is 8.42 Å². The Labute approximate surface area is 123 Å². The van der Waals surface area contributed by atoms with Crippen LogP contribution >= 0.6 is 11.3 Å². The summed E-state index contributed by atoms with van der Waals surface area (Å²) in [4.78, 5) is 12.1. The molecule has 5 nitrogen and oxygen atoms in total. The molecule has 7 heteroatoms. The van der Waals surface area contributed by atoms with Gasteiger partial charge in [-0.2, -0.15) is 4.31 Å². The third-order valence-corrected chi connectivity index (χ3v) is 6.02. The third kappa shape index (κ3) is 4.29. The summed E-state index contributed by atoms with van der Waals surface area (Å²) in [6, 6.07) is 4.01. The van der Waals surface area contributed by atoms with E-state index in [4.69, 9.17) is 0 Å². The van der Waals surface area contributed by atoms with Crippen molar-refractivity contribution in [3.63, 3.8) is 0 Å². The Hall–Kier alpha value is -0.920. The molecule has 0 aliphatic heterocycles. The summed E-state index contributed by atoms with van der Waals surface area (Å²) in [7, 11) is -2.00. The molecule has 1 aliphatic carbocycles. The number of hydrogen-bond acceptors (Lipinski definition) is 5. The lowest BCUT2D eigenvalue weighted by Gasteiger charge is -2.21. The molecule has 0 bridgehead atoms. The van der Waals surface area contributed by atoms with Crippen LogP contribution in [0.4, 0.5) is 0 Å². The van der Waals surface area contributed by atoms with Crippen molar-refractivity contribution < 1.29 is 17.9 Å². The summed E-state index contributed by atoms with van der Waals surface area (Å²) in [5.41, 5.74) is 0. The zero-order valence-electron chi connectivity index (χ0n) is 11.4. The Bertz CT molecular complexity index is 535. The van der Waals surface area contributed by atoms with Gasteiger partial charge in [0.1, 0.15) is 0 Å². The number of carbonyl (C=O) groups excluding carboxylic acids is 1. The zero-order valence-corrected chi connectivity index (χ0v) is 13.1. The van der Waals surface area contributed by atoms with Crippen LogP contribution in [0.5, 0.6) is 0 Å². The van der Waals surface area contributed by atoms with Crippen LogP contribution < -0.4 is 0 Å². The van der Waals surface area contributed by atoms with E-state index in [1.54, 1.807) is 15.6 Å². The topological polar surface area (TPSA) is 63.7 Å². The molecule has 2 rings (SSSR count). The van der Waals surface area contributed by atoms with Crippen molar-refractivity contribution in [2.45, 2.75) is 38.3 Å². The molecule has 112 valence electrons. The van der Waals surface area contributed by atoms with Gasteiger partial charge in [0, 0.05) is 23.9 Å². The third-order valence-electron chi connectivity index (χ3n) is 3.21. The number of thiophene rings is 1. The monoisotopic (exact) mass is 317 g/mol. The van der Waals surface area contributed by atoms with Crippen LogP contribution in [0.15, 0.2) is 17.5 Å². The Morgan fingerprint density at radius 3 is 2.80 bits per heavy atom. The highest BCUT2D eigenvalue weighted by atomic mass is 32.2. The summed E-state index contributed by atoms with van der Waals surface area (Å²) >= 11 is 1.56. The highest BCUT2D eigenvalue weighted by molar-refractivity contribution is 7.89. The van der Waals surface area contributed by atoms with Crippen molar-refractivity contribution in [1.29, 1.82) is 0 Å². The number of methoxy groups -OCH3 is 1. The Morgan fingerprint density at radius 1 is 1.50 bits per heavy atom. The predicted octanol–water partition coefficient (Wildman–Crippen LogP) is 2.00. The Kier molecular flexibility index (Phi) is 5.17. The van der Waals surface area contributed by atoms with Gasteiger partial charge in [0.05, 0.1) is 12.9 Å². The maximum absolute atomic E-state index is 12.4. The maximum atomic E-state index is 12.4. The lowest BCUT2D eigenvalue weighted by Crippen LogP contribution is -2.34. The van der Waals surface area contributed by atoms with E-state index < -0.39 is 10.0 Å². The Morgan fingerprint density at radius 2 is 2.25 bits per heavy atom. The van der Waals surface area contributed by atoms with Crippen LogP contribution in [0, 0.1) is 0 Å². The average Bonchev–Trinajstić information content (AvgIpc) is 3.11. The first-order chi connectivity index (χ1) is 9.53. The smallest absolute Gasteiger partial charge is 0.305 e. The van der Waals surface area contributed by atoms with Gasteiger partial charge in [-0.05, 0) is 30.7 Å². The van der Waals surface area contributed by atoms with Crippen molar-refractivity contribution in [2.75, 3.05) is 12.9 Å². The van der Waals surface area contributed by atoms with E-state index in [1.165, 1.54) is 7.11 Å². The Balaban J connectivity index is 1.95. The number of ether oxygens (including phenoxy) is 1. The molecule has 1 aromatic heterocycles. The molecule has 1 saturated carbocycles. The second-order valence-electron chi connectivity index (χ2n) is 4.85. The first kappa shape index (κ1) is 15.5. The molecule has 0 atom stereocenters. The summed E-state index contributed by atoms with van der Waals surface area (Å²) in [5.74, 6) is -0.360. The maximum Gasteiger partial charge on any atom is 0.305 e. The van der Waals surface area contributed by atoms with Crippen molar-refractivity contribution in [3.8, 4) is 0 Å². The van der Waals surface area contributed by atoms with Gasteiger partial charge < -0.3 is 4.74 Å². The second-order valence-corrected chi connectivity index (χ2v) is 7.92. The zero-order chi connectivity index (χ0) is 14.6. The van der Waals surface area contributed by atoms with Crippen LogP contribution in [-0.4, -0.2) is 37.6 Å². The van der Waals surface area contributed by atoms with Crippen LogP contribution in [0.25, 0.3) is 0 Å². The molecule has 20 heavy (non-hydrogen) atoms. The first-order valence-corrected chi connectivity index (χ1v) is 9.10. The molecule has 0 amide bonds. The van der Waals surface area contributed by atoms with Gasteiger partial charge in [-0.1, -0.05) is 6.07 Å². The van der Waals surface area contributed by atoms with Crippen LogP contribution in [0.3, 0.4) is 0 Å². The van der Waals surface area contributed by atoms with Gasteiger partial charge in [0.2, 0.25) is 10.0 Å². The van der Waals surface area contributed by atoms with Crippen LogP contribution in [0.2, 0.25) is 0 Å². The number of sulfonamides is 1. The van der Waals surface area contributed by atoms with E-state index in [0.29, 0.717) is 13.0 Å². The molecule has 1 fully saturated rings. The van der Waals surface area contributed by atoms with Crippen molar-refractivity contribution in [3.05, 3.63) is 22.4 Å². The highest BCUT2D eigenvalue weighted by Crippen LogP contribution is 2.32. The standard InChI is InChI=1S/C13H19NO4S2/c1-18-13(15)5-3-9-20(16,17)14(11-6-7-11)10-12-4-2-8-19-12/h2,4,8,11H,3,5-7,9-10H2,1H3. The summed E-state index contributed by atoms with van der Waals surface area (Å²) < 4.78 is 30.9. The quantitative estimate of drug-likeness (QED) is 0.688. The van der Waals surface area contributed by atoms with Crippen molar-refractivity contribution in [1.82, 2.24) is 4.31 Å². The summed E-state index contributed by atoms with van der Waals surface area (Å²) in [6.45, 7) is 0.447. The first-order valence-electron chi connectivity index (χ1n) is 6.61. The fourth-order valence-corrected chi connectivity index (χ4v) is 4.52. The van der Waals surface area contributed by atoms with Crippen LogP contribution in [-0.2, 0) is 26.1 Å². The number of nitrogens with zero attached hydrogens (tertiary/aromatic N) is 1. The number of rotatable bonds is 8. The van der Waals surface area contributed by atoms with E-state index in [9.17, 15) is 13.2 Å². The van der Waals surface area contributed by atoms with Gasteiger partial charge in [-0.15, -0.1) is 11.3 Å². The molecule has 0 saturated heterocycles. The lowest BCUT2D eigenvalue weighted by atomic mass is 10.3. The molecule has 0 radical (unpaired) electrons. The van der Waals surface area contributed by atoms with E-state index in [2.05, 4.69) is 4.74 Å². The molecule has 0 spiro atoms. The average molecular weight is 317 g/mol. The van der Waals surface area contributed by atoms with E-state index in [1.807, 2.05) is 17.5 Å². The van der Waals surface area contributed by atoms with E-state index in [0.717, 1.165) is 17.7 Å². The summed E-state index contributed by atoms with van der Waals surface area (Å²) in [5, 5.41) is 1.95. The molecule has 0 N–H and O–H groups in total. The number of hydrogen-bond donors (Lipinski definition) is 0. The molecule has 1 aromatic rings. The number of carbonyl (C=O) groups is 1. The van der Waals surface area contributed by atoms with Crippen molar-refractivity contribution in [2.24, 2.45) is 0 Å². The SMILES string of the molecule is COC(=O)CCCS(=O)(=O)N(Cc1cccs1)C1CC1. The van der Waals surface area contributed by atoms with Crippen LogP contribution in [0.1, 0.15) is 30.6 Å². The lowest BCUT2D eigenvalue weighted by molar-refractivity contribution is -0.140.